The smallest absolute Gasteiger partial charge is 0.312 e. The van der Waals surface area contributed by atoms with E-state index in [-0.39, 0.29) is 17.3 Å². The lowest BCUT2D eigenvalue weighted by Crippen LogP contribution is -2.33. The van der Waals surface area contributed by atoms with Crippen LogP contribution in [0, 0.1) is 21.4 Å². The second-order valence-electron chi connectivity index (χ2n) is 4.88. The van der Waals surface area contributed by atoms with Gasteiger partial charge in [-0.15, -0.1) is 0 Å². The summed E-state index contributed by atoms with van der Waals surface area (Å²) in [6.45, 7) is 1.88. The molecule has 1 aromatic heterocycles. The molecule has 1 unspecified atom stereocenters. The first kappa shape index (κ1) is 14.2. The van der Waals surface area contributed by atoms with E-state index in [2.05, 4.69) is 10.3 Å². The molecule has 0 saturated carbocycles. The van der Waals surface area contributed by atoms with Gasteiger partial charge < -0.3 is 10.2 Å². The second-order valence-corrected chi connectivity index (χ2v) is 4.88. The van der Waals surface area contributed by atoms with Gasteiger partial charge in [-0.2, -0.15) is 5.26 Å². The lowest BCUT2D eigenvalue weighted by atomic mass is 10.1. The number of nitriles is 1. The molecule has 1 fully saturated rings. The lowest BCUT2D eigenvalue weighted by molar-refractivity contribution is -0.384. The molecule has 0 aromatic carbocycles. The first-order valence-corrected chi connectivity index (χ1v) is 6.61. The molecule has 0 bridgehead atoms. The Morgan fingerprint density at radius 1 is 1.55 bits per heavy atom. The molecule has 1 atom stereocenters. The zero-order valence-electron chi connectivity index (χ0n) is 11.4. The number of rotatable bonds is 3. The van der Waals surface area contributed by atoms with Crippen LogP contribution in [0.5, 0.6) is 0 Å². The van der Waals surface area contributed by atoms with Crippen molar-refractivity contribution >= 4 is 11.5 Å². The number of nitro groups is 1. The van der Waals surface area contributed by atoms with Crippen LogP contribution in [0.15, 0.2) is 12.3 Å². The van der Waals surface area contributed by atoms with Crippen LogP contribution in [-0.2, 0) is 0 Å². The fourth-order valence-electron chi connectivity index (χ4n) is 2.47. The van der Waals surface area contributed by atoms with Crippen molar-refractivity contribution in [3.05, 3.63) is 27.9 Å². The summed E-state index contributed by atoms with van der Waals surface area (Å²) in [5.41, 5.74) is 0.0974. The van der Waals surface area contributed by atoms with Gasteiger partial charge in [0.15, 0.2) is 0 Å². The van der Waals surface area contributed by atoms with E-state index in [1.807, 2.05) is 18.0 Å². The summed E-state index contributed by atoms with van der Waals surface area (Å²) in [6.07, 6.45) is 4.32. The van der Waals surface area contributed by atoms with Crippen LogP contribution in [0.4, 0.5) is 11.5 Å². The molecule has 1 aliphatic rings. The van der Waals surface area contributed by atoms with Crippen molar-refractivity contribution in [2.24, 2.45) is 0 Å². The molecule has 0 amide bonds. The Balaban J connectivity index is 2.30. The Kier molecular flexibility index (Phi) is 4.48. The van der Waals surface area contributed by atoms with Crippen LogP contribution >= 0.6 is 0 Å². The average molecular weight is 275 g/mol. The largest absolute Gasteiger partial charge is 0.351 e. The molecule has 0 aliphatic carbocycles. The van der Waals surface area contributed by atoms with Gasteiger partial charge in [-0.1, -0.05) is 0 Å². The molecule has 2 rings (SSSR count). The van der Waals surface area contributed by atoms with Gasteiger partial charge in [0.05, 0.1) is 10.5 Å². The number of hydrogen-bond acceptors (Lipinski definition) is 6. The van der Waals surface area contributed by atoms with Gasteiger partial charge in [0.2, 0.25) is 5.82 Å². The maximum atomic E-state index is 11.2. The van der Waals surface area contributed by atoms with Crippen molar-refractivity contribution in [1.82, 2.24) is 10.3 Å². The molecule has 106 valence electrons. The van der Waals surface area contributed by atoms with Crippen molar-refractivity contribution in [2.45, 2.75) is 25.3 Å². The Bertz CT molecular complexity index is 532. The molecular weight excluding hydrogens is 258 g/mol. The Morgan fingerprint density at radius 2 is 2.35 bits per heavy atom. The summed E-state index contributed by atoms with van der Waals surface area (Å²) < 4.78 is 0. The number of nitrogens with zero attached hydrogens (tertiary/aromatic N) is 4. The van der Waals surface area contributed by atoms with Gasteiger partial charge in [-0.3, -0.25) is 10.1 Å². The molecule has 2 heterocycles. The van der Waals surface area contributed by atoms with Crippen LogP contribution in [0.1, 0.15) is 24.8 Å². The zero-order valence-corrected chi connectivity index (χ0v) is 11.4. The van der Waals surface area contributed by atoms with Gasteiger partial charge in [0.25, 0.3) is 0 Å². The minimum absolute atomic E-state index is 0.108. The van der Waals surface area contributed by atoms with Crippen molar-refractivity contribution in [2.75, 3.05) is 25.0 Å². The van der Waals surface area contributed by atoms with Crippen molar-refractivity contribution < 1.29 is 4.92 Å². The molecular formula is C13H17N5O2. The fraction of sp³-hybridized carbons (Fsp3) is 0.538. The third-order valence-electron chi connectivity index (χ3n) is 3.60. The van der Waals surface area contributed by atoms with E-state index in [4.69, 9.17) is 5.26 Å². The predicted molar refractivity (Wildman–Crippen MR) is 74.5 cm³/mol. The average Bonchev–Trinajstić information content (AvgIpc) is 2.74. The van der Waals surface area contributed by atoms with E-state index in [9.17, 15) is 10.1 Å². The third-order valence-corrected chi connectivity index (χ3v) is 3.60. The van der Waals surface area contributed by atoms with Crippen LogP contribution < -0.4 is 10.2 Å². The van der Waals surface area contributed by atoms with Crippen molar-refractivity contribution in [1.29, 1.82) is 5.26 Å². The zero-order chi connectivity index (χ0) is 14.5. The summed E-state index contributed by atoms with van der Waals surface area (Å²) in [5, 5.41) is 23.3. The molecule has 0 radical (unpaired) electrons. The number of pyridine rings is 1. The van der Waals surface area contributed by atoms with Crippen LogP contribution in [0.3, 0.4) is 0 Å². The van der Waals surface area contributed by atoms with Crippen molar-refractivity contribution in [3.8, 4) is 6.07 Å². The standard InChI is InChI=1S/C13H17N5O2/c1-17(11-3-2-5-15-6-4-11)13-12(18(19)20)7-10(8-14)9-16-13/h7,9,11,15H,2-6H2,1H3. The van der Waals surface area contributed by atoms with Crippen molar-refractivity contribution in [3.63, 3.8) is 0 Å². The fourth-order valence-corrected chi connectivity index (χ4v) is 2.47. The number of hydrogen-bond donors (Lipinski definition) is 1. The van der Waals surface area contributed by atoms with Crippen LogP contribution in [0.2, 0.25) is 0 Å². The van der Waals surface area contributed by atoms with Gasteiger partial charge in [0.1, 0.15) is 6.07 Å². The van der Waals surface area contributed by atoms with Gasteiger partial charge in [-0.25, -0.2) is 4.98 Å². The van der Waals surface area contributed by atoms with Gasteiger partial charge in [-0.05, 0) is 32.4 Å². The van der Waals surface area contributed by atoms with Crippen LogP contribution in [-0.4, -0.2) is 36.1 Å². The molecule has 1 aromatic rings. The highest BCUT2D eigenvalue weighted by Gasteiger charge is 2.25. The minimum atomic E-state index is -0.478. The Hall–Kier alpha value is -2.20. The molecule has 1 aliphatic heterocycles. The van der Waals surface area contributed by atoms with Gasteiger partial charge >= 0.3 is 5.69 Å². The maximum Gasteiger partial charge on any atom is 0.312 e. The molecule has 20 heavy (non-hydrogen) atoms. The van der Waals surface area contributed by atoms with E-state index in [1.54, 1.807) is 0 Å². The number of anilines is 1. The normalized spacial score (nSPS) is 18.9. The highest BCUT2D eigenvalue weighted by Crippen LogP contribution is 2.28. The molecule has 7 heteroatoms. The Morgan fingerprint density at radius 3 is 3.05 bits per heavy atom. The van der Waals surface area contributed by atoms with E-state index < -0.39 is 4.92 Å². The summed E-state index contributed by atoms with van der Waals surface area (Å²) in [7, 11) is 1.83. The quantitative estimate of drug-likeness (QED) is 0.662. The molecule has 1 saturated heterocycles. The van der Waals surface area contributed by atoms with E-state index in [0.717, 1.165) is 32.4 Å². The van der Waals surface area contributed by atoms with E-state index in [1.165, 1.54) is 12.3 Å². The number of aromatic nitrogens is 1. The summed E-state index contributed by atoms with van der Waals surface area (Å²) in [5.74, 6) is 0.334. The summed E-state index contributed by atoms with van der Waals surface area (Å²) in [4.78, 5) is 16.7. The maximum absolute atomic E-state index is 11.2. The summed E-state index contributed by atoms with van der Waals surface area (Å²) >= 11 is 0. The molecule has 7 nitrogen and oxygen atoms in total. The second kappa shape index (κ2) is 6.30. The van der Waals surface area contributed by atoms with E-state index in [0.29, 0.717) is 5.82 Å². The third kappa shape index (κ3) is 3.03. The SMILES string of the molecule is CN(c1ncc(C#N)cc1[N+](=O)[O-])C1CCCNCC1. The first-order chi connectivity index (χ1) is 9.63. The summed E-state index contributed by atoms with van der Waals surface area (Å²) in [6, 6.07) is 3.39. The number of nitrogens with one attached hydrogen (secondary N) is 1. The first-order valence-electron chi connectivity index (χ1n) is 6.61. The Labute approximate surface area is 117 Å². The van der Waals surface area contributed by atoms with E-state index >= 15 is 0 Å². The molecule has 0 spiro atoms. The predicted octanol–water partition coefficient (Wildman–Crippen LogP) is 1.44. The minimum Gasteiger partial charge on any atom is -0.351 e. The topological polar surface area (TPSA) is 95.1 Å². The monoisotopic (exact) mass is 275 g/mol. The van der Waals surface area contributed by atoms with Crippen LogP contribution in [0.25, 0.3) is 0 Å². The molecule has 1 N–H and O–H groups in total. The highest BCUT2D eigenvalue weighted by atomic mass is 16.6. The highest BCUT2D eigenvalue weighted by molar-refractivity contribution is 5.60. The van der Waals surface area contributed by atoms with Gasteiger partial charge in [0, 0.05) is 25.4 Å². The lowest BCUT2D eigenvalue weighted by Gasteiger charge is -2.27.